The molecule has 0 unspecified atom stereocenters. The van der Waals surface area contributed by atoms with Crippen LogP contribution in [0, 0.1) is 0 Å². The number of aromatic nitrogens is 2. The lowest BCUT2D eigenvalue weighted by Crippen LogP contribution is -2.00. The molecule has 3 heteroatoms. The van der Waals surface area contributed by atoms with Gasteiger partial charge in [-0.1, -0.05) is 0 Å². The quantitative estimate of drug-likeness (QED) is 0.637. The summed E-state index contributed by atoms with van der Waals surface area (Å²) in [5, 5.41) is 2.98. The van der Waals surface area contributed by atoms with Crippen LogP contribution in [0.5, 0.6) is 0 Å². The fourth-order valence-electron chi connectivity index (χ4n) is 0.793. The summed E-state index contributed by atoms with van der Waals surface area (Å²) in [6.07, 6.45) is 3.74. The van der Waals surface area contributed by atoms with Crippen LogP contribution in [0.4, 0.5) is 5.95 Å². The molecule has 0 aliphatic heterocycles. The molecule has 0 amide bonds. The van der Waals surface area contributed by atoms with Crippen LogP contribution in [0.2, 0.25) is 0 Å². The molecule has 0 radical (unpaired) electrons. The first kappa shape index (κ1) is 6.13. The van der Waals surface area contributed by atoms with Gasteiger partial charge in [-0.05, 0) is 6.92 Å². The molecule has 0 aromatic carbocycles. The molecule has 1 aromatic heterocycles. The zero-order valence-electron chi connectivity index (χ0n) is 5.76. The van der Waals surface area contributed by atoms with Crippen LogP contribution in [0.25, 0.3) is 0 Å². The normalized spacial score (nSPS) is 9.56. The number of nitrogens with one attached hydrogen (secondary N) is 1. The van der Waals surface area contributed by atoms with Crippen LogP contribution in [0.15, 0.2) is 12.4 Å². The van der Waals surface area contributed by atoms with Crippen LogP contribution < -0.4 is 5.32 Å². The van der Waals surface area contributed by atoms with E-state index in [1.54, 1.807) is 6.20 Å². The minimum atomic E-state index is 0.928. The standard InChI is InChI=1S/C6H11N3/c1-3-9-5-4-8-6(9)7-2/h4-5H,3H2,1-2H3,(H,7,8). The molecule has 0 atom stereocenters. The zero-order chi connectivity index (χ0) is 6.69. The third-order valence-electron chi connectivity index (χ3n) is 1.28. The molecule has 3 nitrogen and oxygen atoms in total. The first-order valence-corrected chi connectivity index (χ1v) is 3.07. The summed E-state index contributed by atoms with van der Waals surface area (Å²) in [5.41, 5.74) is 0. The van der Waals surface area contributed by atoms with Crippen molar-refractivity contribution >= 4 is 5.95 Å². The molecule has 0 aliphatic rings. The summed E-state index contributed by atoms with van der Waals surface area (Å²) in [7, 11) is 1.87. The van der Waals surface area contributed by atoms with Crippen molar-refractivity contribution in [2.75, 3.05) is 12.4 Å². The molecule has 0 saturated heterocycles. The fraction of sp³-hybridized carbons (Fsp3) is 0.500. The number of aryl methyl sites for hydroxylation is 1. The van der Waals surface area contributed by atoms with Crippen LogP contribution in [0.3, 0.4) is 0 Å². The monoisotopic (exact) mass is 125 g/mol. The van der Waals surface area contributed by atoms with E-state index >= 15 is 0 Å². The van der Waals surface area contributed by atoms with E-state index in [0.29, 0.717) is 0 Å². The van der Waals surface area contributed by atoms with Gasteiger partial charge >= 0.3 is 0 Å². The third-order valence-corrected chi connectivity index (χ3v) is 1.28. The van der Waals surface area contributed by atoms with Gasteiger partial charge in [-0.2, -0.15) is 0 Å². The summed E-state index contributed by atoms with van der Waals surface area (Å²) in [6, 6.07) is 0. The van der Waals surface area contributed by atoms with E-state index in [1.165, 1.54) is 0 Å². The SMILES string of the molecule is CCn1ccnc1NC. The first-order chi connectivity index (χ1) is 4.38. The first-order valence-electron chi connectivity index (χ1n) is 3.07. The lowest BCUT2D eigenvalue weighted by atomic mass is 10.7. The second-order valence-electron chi connectivity index (χ2n) is 1.79. The van der Waals surface area contributed by atoms with E-state index in [4.69, 9.17) is 0 Å². The molecule has 1 N–H and O–H groups in total. The Kier molecular flexibility index (Phi) is 1.72. The predicted octanol–water partition coefficient (Wildman–Crippen LogP) is 0.945. The highest BCUT2D eigenvalue weighted by Crippen LogP contribution is 2.00. The molecule has 50 valence electrons. The van der Waals surface area contributed by atoms with Crippen molar-refractivity contribution in [1.82, 2.24) is 9.55 Å². The summed E-state index contributed by atoms with van der Waals surface area (Å²) in [5.74, 6) is 0.928. The molecule has 0 fully saturated rings. The van der Waals surface area contributed by atoms with Gasteiger partial charge in [0.2, 0.25) is 5.95 Å². The van der Waals surface area contributed by atoms with Crippen LogP contribution in [-0.4, -0.2) is 16.6 Å². The Labute approximate surface area is 54.7 Å². The Morgan fingerprint density at radius 3 is 3.00 bits per heavy atom. The van der Waals surface area contributed by atoms with Gasteiger partial charge in [0.15, 0.2) is 0 Å². The highest BCUT2D eigenvalue weighted by atomic mass is 15.2. The molecule has 1 aromatic rings. The maximum absolute atomic E-state index is 4.06. The minimum absolute atomic E-state index is 0.928. The highest BCUT2D eigenvalue weighted by molar-refractivity contribution is 5.23. The molecular formula is C6H11N3. The van der Waals surface area contributed by atoms with E-state index in [0.717, 1.165) is 12.5 Å². The van der Waals surface area contributed by atoms with Gasteiger partial charge in [0.25, 0.3) is 0 Å². The van der Waals surface area contributed by atoms with Crippen molar-refractivity contribution in [3.05, 3.63) is 12.4 Å². The lowest BCUT2D eigenvalue weighted by Gasteiger charge is -2.00. The van der Waals surface area contributed by atoms with Crippen molar-refractivity contribution in [2.45, 2.75) is 13.5 Å². The topological polar surface area (TPSA) is 29.9 Å². The molecule has 0 aliphatic carbocycles. The summed E-state index contributed by atoms with van der Waals surface area (Å²) < 4.78 is 2.04. The molecule has 9 heavy (non-hydrogen) atoms. The summed E-state index contributed by atoms with van der Waals surface area (Å²) in [4.78, 5) is 4.06. The average Bonchev–Trinajstić information content (AvgIpc) is 2.33. The maximum atomic E-state index is 4.06. The van der Waals surface area contributed by atoms with Crippen molar-refractivity contribution in [2.24, 2.45) is 0 Å². The second-order valence-corrected chi connectivity index (χ2v) is 1.79. The number of imidazole rings is 1. The minimum Gasteiger partial charge on any atom is -0.359 e. The Morgan fingerprint density at radius 1 is 1.78 bits per heavy atom. The van der Waals surface area contributed by atoms with E-state index in [-0.39, 0.29) is 0 Å². The molecule has 0 saturated carbocycles. The third kappa shape index (κ3) is 1.04. The number of nitrogens with zero attached hydrogens (tertiary/aromatic N) is 2. The largest absolute Gasteiger partial charge is 0.359 e. The van der Waals surface area contributed by atoms with E-state index < -0.39 is 0 Å². The highest BCUT2D eigenvalue weighted by Gasteiger charge is 1.93. The van der Waals surface area contributed by atoms with Crippen LogP contribution >= 0.6 is 0 Å². The van der Waals surface area contributed by atoms with Crippen molar-refractivity contribution < 1.29 is 0 Å². The molecule has 0 spiro atoms. The van der Waals surface area contributed by atoms with Gasteiger partial charge in [-0.15, -0.1) is 0 Å². The molecule has 0 bridgehead atoms. The van der Waals surface area contributed by atoms with Gasteiger partial charge in [-0.3, -0.25) is 0 Å². The van der Waals surface area contributed by atoms with Crippen LogP contribution in [0.1, 0.15) is 6.92 Å². The second kappa shape index (κ2) is 2.53. The average molecular weight is 125 g/mol. The van der Waals surface area contributed by atoms with Gasteiger partial charge in [0.1, 0.15) is 0 Å². The Balaban J connectivity index is 2.85. The van der Waals surface area contributed by atoms with Crippen molar-refractivity contribution in [3.63, 3.8) is 0 Å². The summed E-state index contributed by atoms with van der Waals surface area (Å²) >= 11 is 0. The Bertz CT molecular complexity index is 162. The number of hydrogen-bond donors (Lipinski definition) is 1. The van der Waals surface area contributed by atoms with Crippen molar-refractivity contribution in [3.8, 4) is 0 Å². The number of hydrogen-bond acceptors (Lipinski definition) is 2. The predicted molar refractivity (Wildman–Crippen MR) is 37.4 cm³/mol. The maximum Gasteiger partial charge on any atom is 0.202 e. The number of anilines is 1. The van der Waals surface area contributed by atoms with Gasteiger partial charge in [0, 0.05) is 26.0 Å². The molecule has 1 heterocycles. The van der Waals surface area contributed by atoms with Gasteiger partial charge in [-0.25, -0.2) is 4.98 Å². The lowest BCUT2D eigenvalue weighted by molar-refractivity contribution is 0.769. The summed E-state index contributed by atoms with van der Waals surface area (Å²) in [6.45, 7) is 3.05. The van der Waals surface area contributed by atoms with E-state index in [9.17, 15) is 0 Å². The van der Waals surface area contributed by atoms with E-state index in [1.807, 2.05) is 17.8 Å². The Morgan fingerprint density at radius 2 is 2.56 bits per heavy atom. The molecular weight excluding hydrogens is 114 g/mol. The zero-order valence-corrected chi connectivity index (χ0v) is 5.76. The van der Waals surface area contributed by atoms with Gasteiger partial charge < -0.3 is 9.88 Å². The van der Waals surface area contributed by atoms with E-state index in [2.05, 4.69) is 17.2 Å². The molecule has 1 rings (SSSR count). The number of rotatable bonds is 2. The van der Waals surface area contributed by atoms with Crippen molar-refractivity contribution in [1.29, 1.82) is 0 Å². The smallest absolute Gasteiger partial charge is 0.202 e. The Hall–Kier alpha value is -0.990. The van der Waals surface area contributed by atoms with Crippen LogP contribution in [-0.2, 0) is 6.54 Å². The van der Waals surface area contributed by atoms with Gasteiger partial charge in [0.05, 0.1) is 0 Å². The fourth-order valence-corrected chi connectivity index (χ4v) is 0.793.